The lowest BCUT2D eigenvalue weighted by atomic mass is 10.1. The van der Waals surface area contributed by atoms with E-state index in [0.717, 1.165) is 26.2 Å². The normalized spacial score (nSPS) is 21.0. The molecule has 2 aliphatic heterocycles. The van der Waals surface area contributed by atoms with E-state index < -0.39 is 0 Å². The predicted octanol–water partition coefficient (Wildman–Crippen LogP) is 0.732. The highest BCUT2D eigenvalue weighted by atomic mass is 16.5. The largest absolute Gasteiger partial charge is 0.495 e. The van der Waals surface area contributed by atoms with Gasteiger partial charge in [0.25, 0.3) is 5.91 Å². The Morgan fingerprint density at radius 2 is 1.63 bits per heavy atom. The molecule has 0 bridgehead atoms. The lowest BCUT2D eigenvalue weighted by molar-refractivity contribution is -0.915. The molecule has 2 aromatic rings. The molecule has 1 N–H and O–H groups in total. The fourth-order valence-electron chi connectivity index (χ4n) is 4.06. The first-order valence-electron chi connectivity index (χ1n) is 9.33. The lowest BCUT2D eigenvalue weighted by Crippen LogP contribution is -3.19. The van der Waals surface area contributed by atoms with Gasteiger partial charge < -0.3 is 14.5 Å². The third-order valence-electron chi connectivity index (χ3n) is 5.49. The summed E-state index contributed by atoms with van der Waals surface area (Å²) in [7, 11) is 1.55. The van der Waals surface area contributed by atoms with Crippen LogP contribution in [0.2, 0.25) is 0 Å². The fraction of sp³-hybridized carbons (Fsp3) is 0.333. The predicted molar refractivity (Wildman–Crippen MR) is 103 cm³/mol. The van der Waals surface area contributed by atoms with E-state index in [4.69, 9.17) is 4.74 Å². The Morgan fingerprint density at radius 3 is 2.33 bits per heavy atom. The first-order valence-corrected chi connectivity index (χ1v) is 9.33. The summed E-state index contributed by atoms with van der Waals surface area (Å²) in [6.45, 7) is 3.45. The van der Waals surface area contributed by atoms with Gasteiger partial charge >= 0.3 is 0 Å². The van der Waals surface area contributed by atoms with Crippen molar-refractivity contribution < 1.29 is 19.2 Å². The zero-order chi connectivity index (χ0) is 18.8. The van der Waals surface area contributed by atoms with Crippen molar-refractivity contribution in [3.63, 3.8) is 0 Å². The third kappa shape index (κ3) is 3.28. The van der Waals surface area contributed by atoms with Gasteiger partial charge in [0.15, 0.2) is 6.04 Å². The number of carbonyl (C=O) groups excluding carboxylic acids is 2. The molecule has 2 aromatic carbocycles. The smallest absolute Gasteiger partial charge is 0.292 e. The molecule has 2 fully saturated rings. The van der Waals surface area contributed by atoms with Crippen LogP contribution in [0.25, 0.3) is 0 Å². The number of para-hydroxylation sites is 3. The van der Waals surface area contributed by atoms with E-state index in [2.05, 4.69) is 17.0 Å². The van der Waals surface area contributed by atoms with Crippen LogP contribution in [0.15, 0.2) is 54.6 Å². The molecule has 0 unspecified atom stereocenters. The SMILES string of the molecule is COc1ccccc1N1C(=O)C[C@H]([NH+]2CCN(c3ccccc3)CC2)C1=O. The minimum atomic E-state index is -0.305. The Hall–Kier alpha value is -2.86. The first-order chi connectivity index (χ1) is 13.2. The van der Waals surface area contributed by atoms with Crippen LogP contribution in [0.3, 0.4) is 0 Å². The van der Waals surface area contributed by atoms with Crippen molar-refractivity contribution in [3.05, 3.63) is 54.6 Å². The molecule has 140 valence electrons. The van der Waals surface area contributed by atoms with Crippen molar-refractivity contribution in [1.82, 2.24) is 0 Å². The Bertz CT molecular complexity index is 832. The molecule has 6 heteroatoms. The number of piperazine rings is 1. The molecule has 2 heterocycles. The standard InChI is InChI=1S/C21H23N3O3/c1-27-19-10-6-5-9-17(19)24-20(25)15-18(21(24)26)23-13-11-22(12-14-23)16-7-3-2-4-8-16/h2-10,18H,11-15H2,1H3/p+1/t18-/m0/s1. The van der Waals surface area contributed by atoms with E-state index in [-0.39, 0.29) is 24.3 Å². The Morgan fingerprint density at radius 1 is 0.963 bits per heavy atom. The van der Waals surface area contributed by atoms with Crippen molar-refractivity contribution in [2.24, 2.45) is 0 Å². The van der Waals surface area contributed by atoms with E-state index in [1.54, 1.807) is 19.2 Å². The molecular formula is C21H24N3O3+. The number of methoxy groups -OCH3 is 1. The van der Waals surface area contributed by atoms with Gasteiger partial charge in [-0.25, -0.2) is 4.90 Å². The Kier molecular flexibility index (Phi) is 4.81. The summed E-state index contributed by atoms with van der Waals surface area (Å²) >= 11 is 0. The summed E-state index contributed by atoms with van der Waals surface area (Å²) in [5, 5.41) is 0. The lowest BCUT2D eigenvalue weighted by Gasteiger charge is -2.35. The number of quaternary nitrogens is 1. The molecule has 2 amide bonds. The third-order valence-corrected chi connectivity index (χ3v) is 5.49. The highest BCUT2D eigenvalue weighted by Crippen LogP contribution is 2.31. The maximum atomic E-state index is 13.1. The molecule has 0 radical (unpaired) electrons. The second-order valence-electron chi connectivity index (χ2n) is 6.98. The van der Waals surface area contributed by atoms with E-state index in [1.807, 2.05) is 30.3 Å². The van der Waals surface area contributed by atoms with Gasteiger partial charge in [-0.05, 0) is 24.3 Å². The Balaban J connectivity index is 1.47. The summed E-state index contributed by atoms with van der Waals surface area (Å²) in [5.41, 5.74) is 1.75. The van der Waals surface area contributed by atoms with E-state index in [9.17, 15) is 9.59 Å². The van der Waals surface area contributed by atoms with E-state index >= 15 is 0 Å². The molecule has 2 saturated heterocycles. The number of hydrogen-bond donors (Lipinski definition) is 1. The molecule has 2 aliphatic rings. The van der Waals surface area contributed by atoms with Crippen molar-refractivity contribution >= 4 is 23.2 Å². The van der Waals surface area contributed by atoms with Gasteiger partial charge in [-0.1, -0.05) is 30.3 Å². The number of amides is 2. The number of nitrogens with one attached hydrogen (secondary N) is 1. The summed E-state index contributed by atoms with van der Waals surface area (Å²) in [6.07, 6.45) is 0.261. The van der Waals surface area contributed by atoms with Crippen LogP contribution in [-0.4, -0.2) is 51.1 Å². The second-order valence-corrected chi connectivity index (χ2v) is 6.98. The number of rotatable bonds is 4. The van der Waals surface area contributed by atoms with Gasteiger partial charge in [-0.2, -0.15) is 0 Å². The summed E-state index contributed by atoms with van der Waals surface area (Å²) in [5.74, 6) is 0.281. The number of imide groups is 1. The van der Waals surface area contributed by atoms with Gasteiger partial charge in [-0.15, -0.1) is 0 Å². The number of nitrogens with zero attached hydrogens (tertiary/aromatic N) is 2. The molecule has 1 atom stereocenters. The molecule has 27 heavy (non-hydrogen) atoms. The van der Waals surface area contributed by atoms with Gasteiger partial charge in [-0.3, -0.25) is 9.59 Å². The van der Waals surface area contributed by atoms with Crippen LogP contribution >= 0.6 is 0 Å². The van der Waals surface area contributed by atoms with Crippen LogP contribution in [-0.2, 0) is 9.59 Å². The summed E-state index contributed by atoms with van der Waals surface area (Å²) < 4.78 is 5.34. The maximum absolute atomic E-state index is 13.1. The van der Waals surface area contributed by atoms with E-state index in [1.165, 1.54) is 15.5 Å². The zero-order valence-corrected chi connectivity index (χ0v) is 15.4. The number of anilines is 2. The number of benzene rings is 2. The molecule has 6 nitrogen and oxygen atoms in total. The van der Waals surface area contributed by atoms with Crippen LogP contribution in [0, 0.1) is 0 Å². The molecule has 0 aliphatic carbocycles. The Labute approximate surface area is 158 Å². The van der Waals surface area contributed by atoms with Crippen LogP contribution in [0.4, 0.5) is 11.4 Å². The van der Waals surface area contributed by atoms with Gasteiger partial charge in [0, 0.05) is 5.69 Å². The van der Waals surface area contributed by atoms with Crippen molar-refractivity contribution in [1.29, 1.82) is 0 Å². The van der Waals surface area contributed by atoms with Gasteiger partial charge in [0.1, 0.15) is 5.75 Å². The zero-order valence-electron chi connectivity index (χ0n) is 15.4. The molecule has 0 saturated carbocycles. The number of ether oxygens (including phenoxy) is 1. The first kappa shape index (κ1) is 17.5. The van der Waals surface area contributed by atoms with Crippen LogP contribution in [0.1, 0.15) is 6.42 Å². The van der Waals surface area contributed by atoms with Crippen LogP contribution in [0.5, 0.6) is 5.75 Å². The van der Waals surface area contributed by atoms with Gasteiger partial charge in [0.05, 0.1) is 45.4 Å². The molecule has 0 spiro atoms. The second kappa shape index (κ2) is 7.40. The summed E-state index contributed by atoms with van der Waals surface area (Å²) in [4.78, 5) is 30.5. The maximum Gasteiger partial charge on any atom is 0.292 e. The van der Waals surface area contributed by atoms with Crippen LogP contribution < -0.4 is 19.4 Å². The summed E-state index contributed by atoms with van der Waals surface area (Å²) in [6, 6.07) is 17.2. The molecule has 4 rings (SSSR count). The highest BCUT2D eigenvalue weighted by Gasteiger charge is 2.47. The van der Waals surface area contributed by atoms with Crippen molar-refractivity contribution in [3.8, 4) is 5.75 Å². The topological polar surface area (TPSA) is 54.3 Å². The number of hydrogen-bond acceptors (Lipinski definition) is 4. The highest BCUT2D eigenvalue weighted by molar-refractivity contribution is 6.22. The molecule has 0 aromatic heterocycles. The average molecular weight is 366 g/mol. The monoisotopic (exact) mass is 366 g/mol. The average Bonchev–Trinajstić information content (AvgIpc) is 3.02. The fourth-order valence-corrected chi connectivity index (χ4v) is 4.06. The van der Waals surface area contributed by atoms with E-state index in [0.29, 0.717) is 11.4 Å². The quantitative estimate of drug-likeness (QED) is 0.811. The minimum absolute atomic E-state index is 0.118. The number of carbonyl (C=O) groups is 2. The van der Waals surface area contributed by atoms with Gasteiger partial charge in [0.2, 0.25) is 5.91 Å². The molecular weight excluding hydrogens is 342 g/mol. The van der Waals surface area contributed by atoms with Crippen molar-refractivity contribution in [2.75, 3.05) is 43.1 Å². The van der Waals surface area contributed by atoms with Crippen molar-refractivity contribution in [2.45, 2.75) is 12.5 Å². The minimum Gasteiger partial charge on any atom is -0.495 e.